The summed E-state index contributed by atoms with van der Waals surface area (Å²) in [6, 6.07) is 14.4. The largest absolute Gasteiger partial charge is 0.497 e. The number of nitrogens with one attached hydrogen (secondary N) is 2. The van der Waals surface area contributed by atoms with Gasteiger partial charge in [-0.3, -0.25) is 9.59 Å². The Hall–Kier alpha value is -3.02. The Balaban J connectivity index is 1.83. The third-order valence-electron chi connectivity index (χ3n) is 3.49. The summed E-state index contributed by atoms with van der Waals surface area (Å²) in [7, 11) is 1.59. The third-order valence-corrected chi connectivity index (χ3v) is 3.49. The lowest BCUT2D eigenvalue weighted by molar-refractivity contribution is -0.123. The first-order valence-corrected chi connectivity index (χ1v) is 8.43. The first-order valence-electron chi connectivity index (χ1n) is 8.43. The first-order chi connectivity index (χ1) is 12.5. The van der Waals surface area contributed by atoms with E-state index in [1.54, 1.807) is 31.4 Å². The minimum Gasteiger partial charge on any atom is -0.497 e. The maximum absolute atomic E-state index is 12.1. The van der Waals surface area contributed by atoms with Crippen molar-refractivity contribution in [3.8, 4) is 11.5 Å². The molecule has 2 N–H and O–H groups in total. The second kappa shape index (κ2) is 9.46. The van der Waals surface area contributed by atoms with Gasteiger partial charge in [-0.05, 0) is 43.7 Å². The van der Waals surface area contributed by atoms with Gasteiger partial charge >= 0.3 is 0 Å². The molecule has 2 aromatic rings. The number of hydrogen-bond donors (Lipinski definition) is 2. The fourth-order valence-corrected chi connectivity index (χ4v) is 2.29. The van der Waals surface area contributed by atoms with E-state index < -0.39 is 0 Å². The van der Waals surface area contributed by atoms with Gasteiger partial charge in [-0.25, -0.2) is 0 Å². The minimum absolute atomic E-state index is 0.00254. The monoisotopic (exact) mass is 356 g/mol. The SMILES string of the molecule is COc1ccc(CC(=O)NCC(=O)Nc2ccccc2OC(C)C)cc1. The van der Waals surface area contributed by atoms with Gasteiger partial charge in [-0.2, -0.15) is 0 Å². The number of carbonyl (C=O) groups excluding carboxylic acids is 2. The highest BCUT2D eigenvalue weighted by molar-refractivity contribution is 5.95. The van der Waals surface area contributed by atoms with Crippen LogP contribution in [-0.4, -0.2) is 31.6 Å². The Bertz CT molecular complexity index is 742. The predicted octanol–water partition coefficient (Wildman–Crippen LogP) is 2.78. The van der Waals surface area contributed by atoms with Crippen LogP contribution in [0.15, 0.2) is 48.5 Å². The standard InChI is InChI=1S/C20H24N2O4/c1-14(2)26-18-7-5-4-6-17(18)22-20(24)13-21-19(23)12-15-8-10-16(25-3)11-9-15/h4-11,14H,12-13H2,1-3H3,(H,21,23)(H,22,24). The van der Waals surface area contributed by atoms with Gasteiger partial charge in [0, 0.05) is 0 Å². The molecule has 0 radical (unpaired) electrons. The van der Waals surface area contributed by atoms with Crippen molar-refractivity contribution in [3.05, 3.63) is 54.1 Å². The Morgan fingerprint density at radius 2 is 1.69 bits per heavy atom. The van der Waals surface area contributed by atoms with Crippen LogP contribution in [0.2, 0.25) is 0 Å². The summed E-state index contributed by atoms with van der Waals surface area (Å²) in [5.41, 5.74) is 1.43. The summed E-state index contributed by atoms with van der Waals surface area (Å²) in [5, 5.41) is 5.37. The van der Waals surface area contributed by atoms with Crippen molar-refractivity contribution in [3.63, 3.8) is 0 Å². The van der Waals surface area contributed by atoms with Gasteiger partial charge in [0.1, 0.15) is 11.5 Å². The van der Waals surface area contributed by atoms with Crippen molar-refractivity contribution in [1.82, 2.24) is 5.32 Å². The fourth-order valence-electron chi connectivity index (χ4n) is 2.29. The maximum Gasteiger partial charge on any atom is 0.243 e. The summed E-state index contributed by atoms with van der Waals surface area (Å²) >= 11 is 0. The fraction of sp³-hybridized carbons (Fsp3) is 0.300. The lowest BCUT2D eigenvalue weighted by Gasteiger charge is -2.15. The van der Waals surface area contributed by atoms with E-state index in [-0.39, 0.29) is 30.9 Å². The molecule has 0 fully saturated rings. The first kappa shape index (κ1) is 19.3. The molecule has 2 amide bonds. The molecule has 0 aromatic heterocycles. The molecule has 6 nitrogen and oxygen atoms in total. The average molecular weight is 356 g/mol. The number of para-hydroxylation sites is 2. The van der Waals surface area contributed by atoms with Crippen LogP contribution in [0.4, 0.5) is 5.69 Å². The topological polar surface area (TPSA) is 76.7 Å². The molecule has 0 spiro atoms. The van der Waals surface area contributed by atoms with Crippen molar-refractivity contribution in [2.45, 2.75) is 26.4 Å². The molecule has 0 unspecified atom stereocenters. The Morgan fingerprint density at radius 3 is 2.35 bits per heavy atom. The van der Waals surface area contributed by atoms with Crippen molar-refractivity contribution in [1.29, 1.82) is 0 Å². The van der Waals surface area contributed by atoms with E-state index in [2.05, 4.69) is 10.6 Å². The molecular weight excluding hydrogens is 332 g/mol. The molecule has 0 saturated heterocycles. The molecule has 138 valence electrons. The number of rotatable bonds is 8. The zero-order valence-corrected chi connectivity index (χ0v) is 15.2. The van der Waals surface area contributed by atoms with Crippen LogP contribution in [0.1, 0.15) is 19.4 Å². The number of benzene rings is 2. The quantitative estimate of drug-likeness (QED) is 0.762. The second-order valence-electron chi connectivity index (χ2n) is 6.01. The van der Waals surface area contributed by atoms with Gasteiger partial charge < -0.3 is 20.1 Å². The number of amides is 2. The Morgan fingerprint density at radius 1 is 1.00 bits per heavy atom. The molecule has 0 aliphatic heterocycles. The lowest BCUT2D eigenvalue weighted by Crippen LogP contribution is -2.33. The summed E-state index contributed by atoms with van der Waals surface area (Å²) < 4.78 is 10.7. The van der Waals surface area contributed by atoms with E-state index in [1.807, 2.05) is 38.1 Å². The number of anilines is 1. The zero-order chi connectivity index (χ0) is 18.9. The third kappa shape index (κ3) is 6.12. The molecule has 2 aromatic carbocycles. The maximum atomic E-state index is 12.1. The Labute approximate surface area is 153 Å². The van der Waals surface area contributed by atoms with E-state index in [0.717, 1.165) is 11.3 Å². The number of methoxy groups -OCH3 is 1. The number of ether oxygens (including phenoxy) is 2. The van der Waals surface area contributed by atoms with Crippen molar-refractivity contribution in [2.24, 2.45) is 0 Å². The van der Waals surface area contributed by atoms with Crippen LogP contribution in [0, 0.1) is 0 Å². The average Bonchev–Trinajstić information content (AvgIpc) is 2.62. The number of carbonyl (C=O) groups is 2. The molecule has 6 heteroatoms. The van der Waals surface area contributed by atoms with Gasteiger partial charge in [0.2, 0.25) is 11.8 Å². The lowest BCUT2D eigenvalue weighted by atomic mass is 10.1. The highest BCUT2D eigenvalue weighted by Gasteiger charge is 2.10. The van der Waals surface area contributed by atoms with Crippen molar-refractivity contribution in [2.75, 3.05) is 19.0 Å². The summed E-state index contributed by atoms with van der Waals surface area (Å²) in [5.74, 6) is 0.793. The molecule has 0 aliphatic carbocycles. The van der Waals surface area contributed by atoms with Crippen LogP contribution in [0.25, 0.3) is 0 Å². The summed E-state index contributed by atoms with van der Waals surface area (Å²) in [4.78, 5) is 24.1. The summed E-state index contributed by atoms with van der Waals surface area (Å²) in [6.45, 7) is 3.72. The zero-order valence-electron chi connectivity index (χ0n) is 15.2. The Kier molecular flexibility index (Phi) is 7.02. The predicted molar refractivity (Wildman–Crippen MR) is 101 cm³/mol. The van der Waals surface area contributed by atoms with Gasteiger partial charge in [0.15, 0.2) is 0 Å². The normalized spacial score (nSPS) is 10.3. The van der Waals surface area contributed by atoms with Crippen molar-refractivity contribution < 1.29 is 19.1 Å². The van der Waals surface area contributed by atoms with E-state index in [1.165, 1.54) is 0 Å². The molecule has 26 heavy (non-hydrogen) atoms. The van der Waals surface area contributed by atoms with Crippen LogP contribution in [0.3, 0.4) is 0 Å². The second-order valence-corrected chi connectivity index (χ2v) is 6.01. The smallest absolute Gasteiger partial charge is 0.243 e. The van der Waals surface area contributed by atoms with Gasteiger partial charge in [0.05, 0.1) is 31.9 Å². The highest BCUT2D eigenvalue weighted by Crippen LogP contribution is 2.24. The van der Waals surface area contributed by atoms with E-state index in [4.69, 9.17) is 9.47 Å². The van der Waals surface area contributed by atoms with E-state index in [9.17, 15) is 9.59 Å². The van der Waals surface area contributed by atoms with Crippen LogP contribution < -0.4 is 20.1 Å². The molecule has 0 bridgehead atoms. The van der Waals surface area contributed by atoms with Crippen molar-refractivity contribution >= 4 is 17.5 Å². The number of hydrogen-bond acceptors (Lipinski definition) is 4. The van der Waals surface area contributed by atoms with Gasteiger partial charge in [0.25, 0.3) is 0 Å². The van der Waals surface area contributed by atoms with Gasteiger partial charge in [-0.15, -0.1) is 0 Å². The molecule has 0 atom stereocenters. The van der Waals surface area contributed by atoms with E-state index in [0.29, 0.717) is 11.4 Å². The molecule has 2 rings (SSSR count). The molecule has 0 aliphatic rings. The highest BCUT2D eigenvalue weighted by atomic mass is 16.5. The van der Waals surface area contributed by atoms with Crippen LogP contribution >= 0.6 is 0 Å². The molecule has 0 heterocycles. The van der Waals surface area contributed by atoms with Gasteiger partial charge in [-0.1, -0.05) is 24.3 Å². The van der Waals surface area contributed by atoms with E-state index >= 15 is 0 Å². The summed E-state index contributed by atoms with van der Waals surface area (Å²) in [6.07, 6.45) is 0.196. The molecule has 0 saturated carbocycles. The molecular formula is C20H24N2O4. The minimum atomic E-state index is -0.312. The van der Waals surface area contributed by atoms with Crippen LogP contribution in [0.5, 0.6) is 11.5 Å². The van der Waals surface area contributed by atoms with Crippen LogP contribution in [-0.2, 0) is 16.0 Å².